The van der Waals surface area contributed by atoms with Gasteiger partial charge in [-0.15, -0.1) is 0 Å². The van der Waals surface area contributed by atoms with Crippen molar-refractivity contribution in [1.82, 2.24) is 0 Å². The second kappa shape index (κ2) is 11.5. The molecule has 196 valence electrons. The van der Waals surface area contributed by atoms with E-state index in [0.717, 1.165) is 27.8 Å². The van der Waals surface area contributed by atoms with Gasteiger partial charge in [-0.05, 0) is 69.6 Å². The summed E-state index contributed by atoms with van der Waals surface area (Å²) >= 11 is 0. The predicted molar refractivity (Wildman–Crippen MR) is 148 cm³/mol. The van der Waals surface area contributed by atoms with Crippen LogP contribution < -0.4 is 9.47 Å². The van der Waals surface area contributed by atoms with Gasteiger partial charge in [-0.2, -0.15) is 0 Å². The van der Waals surface area contributed by atoms with Crippen LogP contribution in [-0.4, -0.2) is 18.2 Å². The summed E-state index contributed by atoms with van der Waals surface area (Å²) in [6.07, 6.45) is 0.00789. The molecule has 4 aromatic rings. The van der Waals surface area contributed by atoms with E-state index in [0.29, 0.717) is 23.7 Å². The van der Waals surface area contributed by atoms with Crippen molar-refractivity contribution in [3.05, 3.63) is 119 Å². The van der Waals surface area contributed by atoms with Crippen LogP contribution in [-0.2, 0) is 16.8 Å². The Kier molecular flexibility index (Phi) is 8.16. The molecule has 4 aromatic carbocycles. The van der Waals surface area contributed by atoms with Crippen LogP contribution in [0.2, 0.25) is 0 Å². The third-order valence-corrected chi connectivity index (χ3v) is 6.62. The van der Waals surface area contributed by atoms with Gasteiger partial charge >= 0.3 is 5.97 Å². The normalized spacial score (nSPS) is 12.1. The monoisotopic (exact) mass is 512 g/mol. The Hall–Kier alpha value is -4.12. The lowest BCUT2D eigenvalue weighted by Crippen LogP contribution is -2.13. The molecule has 0 fully saturated rings. The lowest BCUT2D eigenvalue weighted by atomic mass is 9.81. The minimum absolute atomic E-state index is 0.00789. The summed E-state index contributed by atoms with van der Waals surface area (Å²) in [6, 6.07) is 28.0. The molecule has 0 saturated carbocycles. The van der Waals surface area contributed by atoms with E-state index in [1.165, 1.54) is 6.07 Å². The van der Waals surface area contributed by atoms with Gasteiger partial charge in [0, 0.05) is 11.5 Å². The molecule has 0 heterocycles. The highest BCUT2D eigenvalue weighted by Crippen LogP contribution is 2.37. The van der Waals surface area contributed by atoms with Crippen molar-refractivity contribution in [2.24, 2.45) is 0 Å². The Morgan fingerprint density at radius 2 is 1.50 bits per heavy atom. The van der Waals surface area contributed by atoms with Gasteiger partial charge in [0.05, 0.1) is 13.5 Å². The van der Waals surface area contributed by atoms with Crippen molar-refractivity contribution in [2.75, 3.05) is 7.11 Å². The van der Waals surface area contributed by atoms with Crippen molar-refractivity contribution in [3.63, 3.8) is 0 Å². The molecule has 0 aliphatic carbocycles. The number of hydrogen-bond donors (Lipinski definition) is 1. The van der Waals surface area contributed by atoms with Gasteiger partial charge in [0.2, 0.25) is 0 Å². The molecule has 38 heavy (non-hydrogen) atoms. The van der Waals surface area contributed by atoms with Crippen LogP contribution in [0.4, 0.5) is 4.39 Å². The van der Waals surface area contributed by atoms with Crippen LogP contribution in [0.25, 0.3) is 11.1 Å². The zero-order chi connectivity index (χ0) is 27.3. The van der Waals surface area contributed by atoms with Crippen molar-refractivity contribution >= 4 is 5.97 Å². The highest BCUT2D eigenvalue weighted by Gasteiger charge is 2.22. The van der Waals surface area contributed by atoms with E-state index >= 15 is 0 Å². The summed E-state index contributed by atoms with van der Waals surface area (Å²) in [5.74, 6) is -0.127. The molecule has 1 atom stereocenters. The summed E-state index contributed by atoms with van der Waals surface area (Å²) < 4.78 is 26.3. The molecule has 0 aromatic heterocycles. The minimum atomic E-state index is -0.846. The van der Waals surface area contributed by atoms with E-state index in [2.05, 4.69) is 20.8 Å². The average molecular weight is 513 g/mol. The largest absolute Gasteiger partial charge is 0.497 e. The van der Waals surface area contributed by atoms with E-state index in [4.69, 9.17) is 9.47 Å². The fraction of sp³-hybridized carbons (Fsp3) is 0.242. The first-order valence-electron chi connectivity index (χ1n) is 12.6. The molecule has 0 spiro atoms. The number of ether oxygens (including phenoxy) is 2. The second-order valence-electron chi connectivity index (χ2n) is 10.4. The number of benzene rings is 4. The van der Waals surface area contributed by atoms with Crippen molar-refractivity contribution in [1.29, 1.82) is 0 Å². The lowest BCUT2D eigenvalue weighted by Gasteiger charge is -2.24. The van der Waals surface area contributed by atoms with Crippen molar-refractivity contribution in [3.8, 4) is 22.6 Å². The summed E-state index contributed by atoms with van der Waals surface area (Å²) in [5.41, 5.74) is 4.92. The van der Waals surface area contributed by atoms with Gasteiger partial charge in [0.15, 0.2) is 0 Å². The summed E-state index contributed by atoms with van der Waals surface area (Å²) in [6.45, 7) is 6.62. The maximum absolute atomic E-state index is 14.9. The van der Waals surface area contributed by atoms with Gasteiger partial charge in [0.25, 0.3) is 0 Å². The van der Waals surface area contributed by atoms with Crippen LogP contribution in [0.5, 0.6) is 11.5 Å². The highest BCUT2D eigenvalue weighted by molar-refractivity contribution is 5.71. The van der Waals surface area contributed by atoms with Crippen LogP contribution >= 0.6 is 0 Å². The van der Waals surface area contributed by atoms with E-state index in [1.807, 2.05) is 72.8 Å². The number of halogens is 1. The molecule has 0 unspecified atom stereocenters. The van der Waals surface area contributed by atoms with E-state index in [-0.39, 0.29) is 23.6 Å². The fourth-order valence-corrected chi connectivity index (χ4v) is 4.65. The summed E-state index contributed by atoms with van der Waals surface area (Å²) in [4.78, 5) is 11.5. The second-order valence-corrected chi connectivity index (χ2v) is 10.4. The highest BCUT2D eigenvalue weighted by atomic mass is 19.1. The Labute approximate surface area is 223 Å². The number of carboxylic acid groups (broad SMARTS) is 1. The molecule has 0 amide bonds. The van der Waals surface area contributed by atoms with E-state index in [9.17, 15) is 14.3 Å². The SMILES string of the molecule is COc1ccc(F)c(-c2cc(COc3ccc([C@H](CC(=O)O)c4ccccc4)cc3)ccc2C(C)(C)C)c1. The Balaban J connectivity index is 1.57. The van der Waals surface area contributed by atoms with E-state index in [1.54, 1.807) is 19.2 Å². The van der Waals surface area contributed by atoms with Crippen LogP contribution in [0, 0.1) is 5.82 Å². The first-order valence-corrected chi connectivity index (χ1v) is 12.6. The molecule has 0 bridgehead atoms. The van der Waals surface area contributed by atoms with Crippen LogP contribution in [0.1, 0.15) is 55.4 Å². The standard InChI is InChI=1S/C33H33FO4/c1-33(2,3)30-16-10-22(18-28(30)29-19-26(37-4)15-17-31(29)34)21-38-25-13-11-24(12-14-25)27(20-32(35)36)23-8-6-5-7-9-23/h5-19,27H,20-21H2,1-4H3,(H,35,36)/t27-/m1/s1. The fourth-order valence-electron chi connectivity index (χ4n) is 4.65. The van der Waals surface area contributed by atoms with Crippen molar-refractivity contribution < 1.29 is 23.8 Å². The average Bonchev–Trinajstić information content (AvgIpc) is 2.91. The van der Waals surface area contributed by atoms with Crippen molar-refractivity contribution in [2.45, 2.75) is 45.1 Å². The third kappa shape index (κ3) is 6.41. The molecule has 0 saturated heterocycles. The summed E-state index contributed by atoms with van der Waals surface area (Å²) in [7, 11) is 1.57. The van der Waals surface area contributed by atoms with Gasteiger partial charge in [-0.3, -0.25) is 4.79 Å². The molecule has 1 N–H and O–H groups in total. The molecule has 4 rings (SSSR count). The quantitative estimate of drug-likeness (QED) is 0.247. The predicted octanol–water partition coefficient (Wildman–Crippen LogP) is 7.98. The van der Waals surface area contributed by atoms with Crippen LogP contribution in [0.15, 0.2) is 91.0 Å². The Bertz CT molecular complexity index is 1390. The molecule has 5 heteroatoms. The van der Waals surface area contributed by atoms with Crippen LogP contribution in [0.3, 0.4) is 0 Å². The van der Waals surface area contributed by atoms with Gasteiger partial charge < -0.3 is 14.6 Å². The molecule has 4 nitrogen and oxygen atoms in total. The number of methoxy groups -OCH3 is 1. The van der Waals surface area contributed by atoms with Gasteiger partial charge in [-0.1, -0.05) is 75.4 Å². The topological polar surface area (TPSA) is 55.8 Å². The molecular weight excluding hydrogens is 479 g/mol. The number of carboxylic acids is 1. The third-order valence-electron chi connectivity index (χ3n) is 6.62. The molecule has 0 radical (unpaired) electrons. The zero-order valence-corrected chi connectivity index (χ0v) is 22.2. The Morgan fingerprint density at radius 3 is 2.13 bits per heavy atom. The molecular formula is C33H33FO4. The van der Waals surface area contributed by atoms with E-state index < -0.39 is 5.97 Å². The maximum atomic E-state index is 14.9. The maximum Gasteiger partial charge on any atom is 0.304 e. The molecule has 0 aliphatic rings. The van der Waals surface area contributed by atoms with Gasteiger partial charge in [-0.25, -0.2) is 4.39 Å². The first-order chi connectivity index (χ1) is 18.2. The minimum Gasteiger partial charge on any atom is -0.497 e. The Morgan fingerprint density at radius 1 is 0.842 bits per heavy atom. The number of carbonyl (C=O) groups is 1. The lowest BCUT2D eigenvalue weighted by molar-refractivity contribution is -0.137. The first kappa shape index (κ1) is 26.9. The summed E-state index contributed by atoms with van der Waals surface area (Å²) in [5, 5.41) is 9.44. The smallest absolute Gasteiger partial charge is 0.304 e. The number of aliphatic carboxylic acids is 1. The zero-order valence-electron chi connectivity index (χ0n) is 22.2. The van der Waals surface area contributed by atoms with Gasteiger partial charge in [0.1, 0.15) is 23.9 Å². The number of hydrogen-bond acceptors (Lipinski definition) is 3. The molecule has 0 aliphatic heterocycles. The number of rotatable bonds is 9.